The Morgan fingerprint density at radius 2 is 2.10 bits per heavy atom. The van der Waals surface area contributed by atoms with Gasteiger partial charge in [-0.3, -0.25) is 4.79 Å². The number of rotatable bonds is 4. The summed E-state index contributed by atoms with van der Waals surface area (Å²) in [5.41, 5.74) is 1.24. The number of phenolic OH excluding ortho intramolecular Hbond substituents is 1. The quantitative estimate of drug-likeness (QED) is 0.806. The summed E-state index contributed by atoms with van der Waals surface area (Å²) in [6.07, 6.45) is 0. The first-order chi connectivity index (χ1) is 9.97. The third-order valence-electron chi connectivity index (χ3n) is 2.84. The maximum Gasteiger partial charge on any atom is 0.221 e. The Kier molecular flexibility index (Phi) is 4.65. The average molecular weight is 309 g/mol. The fraction of sp³-hybridized carbons (Fsp3) is 0.133. The molecule has 2 rings (SSSR count). The van der Waals surface area contributed by atoms with Crippen molar-refractivity contribution >= 4 is 28.9 Å². The number of phenols is 1. The number of hydrogen-bond donors (Lipinski definition) is 3. The molecule has 110 valence electrons. The van der Waals surface area contributed by atoms with E-state index < -0.39 is 5.82 Å². The number of carbonyl (C=O) groups is 1. The Morgan fingerprint density at radius 3 is 2.76 bits per heavy atom. The summed E-state index contributed by atoms with van der Waals surface area (Å²) in [6, 6.07) is 9.12. The molecule has 0 saturated carbocycles. The fourth-order valence-electron chi connectivity index (χ4n) is 1.83. The number of nitrogens with one attached hydrogen (secondary N) is 2. The molecule has 2 aromatic carbocycles. The first kappa shape index (κ1) is 15.1. The lowest BCUT2D eigenvalue weighted by atomic mass is 10.2. The van der Waals surface area contributed by atoms with Crippen LogP contribution < -0.4 is 10.6 Å². The van der Waals surface area contributed by atoms with Crippen molar-refractivity contribution in [2.75, 3.05) is 10.6 Å². The van der Waals surface area contributed by atoms with Crippen LogP contribution in [0.25, 0.3) is 0 Å². The average Bonchev–Trinajstić information content (AvgIpc) is 2.41. The van der Waals surface area contributed by atoms with E-state index in [4.69, 9.17) is 11.6 Å². The summed E-state index contributed by atoms with van der Waals surface area (Å²) < 4.78 is 13.5. The molecule has 0 aliphatic carbocycles. The van der Waals surface area contributed by atoms with Gasteiger partial charge < -0.3 is 15.7 Å². The van der Waals surface area contributed by atoms with Gasteiger partial charge in [-0.05, 0) is 30.3 Å². The number of hydrogen-bond acceptors (Lipinski definition) is 3. The fourth-order valence-corrected chi connectivity index (χ4v) is 2.07. The highest BCUT2D eigenvalue weighted by atomic mass is 35.5. The zero-order chi connectivity index (χ0) is 15.4. The normalized spacial score (nSPS) is 10.2. The predicted octanol–water partition coefficient (Wildman–Crippen LogP) is 3.76. The van der Waals surface area contributed by atoms with Gasteiger partial charge in [0.05, 0.1) is 5.69 Å². The van der Waals surface area contributed by atoms with E-state index in [1.807, 2.05) is 0 Å². The van der Waals surface area contributed by atoms with Crippen molar-refractivity contribution in [2.24, 2.45) is 0 Å². The van der Waals surface area contributed by atoms with E-state index in [1.165, 1.54) is 31.2 Å². The molecular formula is C15H14ClFN2O2. The van der Waals surface area contributed by atoms with Gasteiger partial charge >= 0.3 is 0 Å². The molecule has 0 unspecified atom stereocenters. The van der Waals surface area contributed by atoms with E-state index in [0.717, 1.165) is 0 Å². The van der Waals surface area contributed by atoms with Crippen LogP contribution in [0.3, 0.4) is 0 Å². The van der Waals surface area contributed by atoms with Crippen molar-refractivity contribution < 1.29 is 14.3 Å². The number of carbonyl (C=O) groups excluding carboxylic acids is 1. The van der Waals surface area contributed by atoms with E-state index in [-0.39, 0.29) is 23.9 Å². The third kappa shape index (κ3) is 3.86. The molecule has 21 heavy (non-hydrogen) atoms. The van der Waals surface area contributed by atoms with Crippen molar-refractivity contribution in [1.29, 1.82) is 0 Å². The Balaban J connectivity index is 2.15. The minimum atomic E-state index is -0.517. The van der Waals surface area contributed by atoms with E-state index in [1.54, 1.807) is 12.1 Å². The molecule has 1 amide bonds. The molecule has 0 atom stereocenters. The largest absolute Gasteiger partial charge is 0.508 e. The maximum atomic E-state index is 13.5. The van der Waals surface area contributed by atoms with Crippen molar-refractivity contribution in [2.45, 2.75) is 13.5 Å². The lowest BCUT2D eigenvalue weighted by Gasteiger charge is -2.11. The SMILES string of the molecule is CC(=O)Nc1cc(NCc2c(O)cccc2Cl)ccc1F. The number of benzene rings is 2. The summed E-state index contributed by atoms with van der Waals surface area (Å²) in [5.74, 6) is -0.787. The van der Waals surface area contributed by atoms with Gasteiger partial charge in [-0.15, -0.1) is 0 Å². The molecular weight excluding hydrogens is 295 g/mol. The molecule has 0 aliphatic heterocycles. The highest BCUT2D eigenvalue weighted by Gasteiger charge is 2.08. The zero-order valence-corrected chi connectivity index (χ0v) is 12.0. The van der Waals surface area contributed by atoms with Crippen LogP contribution in [-0.2, 0) is 11.3 Å². The molecule has 0 bridgehead atoms. The lowest BCUT2D eigenvalue weighted by Crippen LogP contribution is -2.08. The topological polar surface area (TPSA) is 61.4 Å². The Labute approximate surface area is 126 Å². The number of aromatic hydroxyl groups is 1. The Bertz CT molecular complexity index is 656. The van der Waals surface area contributed by atoms with Gasteiger partial charge in [0.2, 0.25) is 5.91 Å². The van der Waals surface area contributed by atoms with Crippen LogP contribution in [0.1, 0.15) is 12.5 Å². The van der Waals surface area contributed by atoms with Gasteiger partial charge in [-0.1, -0.05) is 17.7 Å². The van der Waals surface area contributed by atoms with Gasteiger partial charge in [-0.25, -0.2) is 4.39 Å². The monoisotopic (exact) mass is 308 g/mol. The van der Waals surface area contributed by atoms with Crippen LogP contribution in [0.15, 0.2) is 36.4 Å². The summed E-state index contributed by atoms with van der Waals surface area (Å²) in [7, 11) is 0. The summed E-state index contributed by atoms with van der Waals surface area (Å²) >= 11 is 6.00. The second-order valence-corrected chi connectivity index (χ2v) is 4.87. The molecule has 3 N–H and O–H groups in total. The van der Waals surface area contributed by atoms with Gasteiger partial charge in [0.15, 0.2) is 0 Å². The molecule has 0 saturated heterocycles. The number of anilines is 2. The standard InChI is InChI=1S/C15H14ClFN2O2/c1-9(20)19-14-7-10(5-6-13(14)17)18-8-11-12(16)3-2-4-15(11)21/h2-7,18,21H,8H2,1H3,(H,19,20). The first-order valence-electron chi connectivity index (χ1n) is 6.24. The first-order valence-corrected chi connectivity index (χ1v) is 6.62. The second-order valence-electron chi connectivity index (χ2n) is 4.47. The molecule has 0 heterocycles. The van der Waals surface area contributed by atoms with Crippen molar-refractivity contribution in [3.8, 4) is 5.75 Å². The zero-order valence-electron chi connectivity index (χ0n) is 11.3. The minimum Gasteiger partial charge on any atom is -0.508 e. The molecule has 2 aromatic rings. The summed E-state index contributed by atoms with van der Waals surface area (Å²) in [6.45, 7) is 1.58. The van der Waals surface area contributed by atoms with E-state index in [0.29, 0.717) is 16.3 Å². The van der Waals surface area contributed by atoms with Gasteiger partial charge in [0.1, 0.15) is 11.6 Å². The molecule has 0 aliphatic rings. The van der Waals surface area contributed by atoms with Gasteiger partial charge in [0, 0.05) is 29.7 Å². The predicted molar refractivity (Wildman–Crippen MR) is 81.1 cm³/mol. The van der Waals surface area contributed by atoms with Crippen molar-refractivity contribution in [3.05, 3.63) is 52.8 Å². The second kappa shape index (κ2) is 6.45. The van der Waals surface area contributed by atoms with E-state index in [2.05, 4.69) is 10.6 Å². The molecule has 0 spiro atoms. The molecule has 4 nitrogen and oxygen atoms in total. The van der Waals surface area contributed by atoms with E-state index in [9.17, 15) is 14.3 Å². The van der Waals surface area contributed by atoms with Crippen LogP contribution in [0, 0.1) is 5.82 Å². The molecule has 0 aromatic heterocycles. The van der Waals surface area contributed by atoms with Crippen LogP contribution in [0.5, 0.6) is 5.75 Å². The lowest BCUT2D eigenvalue weighted by molar-refractivity contribution is -0.114. The van der Waals surface area contributed by atoms with E-state index >= 15 is 0 Å². The van der Waals surface area contributed by atoms with Gasteiger partial charge in [0.25, 0.3) is 0 Å². The maximum absolute atomic E-state index is 13.5. The molecule has 0 radical (unpaired) electrons. The molecule has 6 heteroatoms. The summed E-state index contributed by atoms with van der Waals surface area (Å²) in [4.78, 5) is 11.0. The highest BCUT2D eigenvalue weighted by Crippen LogP contribution is 2.27. The van der Waals surface area contributed by atoms with Crippen molar-refractivity contribution in [1.82, 2.24) is 0 Å². The van der Waals surface area contributed by atoms with Crippen LogP contribution in [-0.4, -0.2) is 11.0 Å². The van der Waals surface area contributed by atoms with Crippen LogP contribution >= 0.6 is 11.6 Å². The van der Waals surface area contributed by atoms with Gasteiger partial charge in [-0.2, -0.15) is 0 Å². The van der Waals surface area contributed by atoms with Crippen molar-refractivity contribution in [3.63, 3.8) is 0 Å². The highest BCUT2D eigenvalue weighted by molar-refractivity contribution is 6.31. The summed E-state index contributed by atoms with van der Waals surface area (Å²) in [5, 5.41) is 15.6. The molecule has 0 fully saturated rings. The number of amides is 1. The third-order valence-corrected chi connectivity index (χ3v) is 3.19. The van der Waals surface area contributed by atoms with Crippen LogP contribution in [0.4, 0.5) is 15.8 Å². The minimum absolute atomic E-state index is 0.0826. The Morgan fingerprint density at radius 1 is 1.33 bits per heavy atom. The Hall–Kier alpha value is -2.27. The smallest absolute Gasteiger partial charge is 0.221 e. The number of halogens is 2. The van der Waals surface area contributed by atoms with Crippen LogP contribution in [0.2, 0.25) is 5.02 Å².